The number of hydrogen-bond donors (Lipinski definition) is 3. The molecule has 0 saturated carbocycles. The van der Waals surface area contributed by atoms with E-state index >= 15 is 0 Å². The number of anilines is 1. The molecule has 0 aromatic heterocycles. The fourth-order valence-electron chi connectivity index (χ4n) is 2.62. The van der Waals surface area contributed by atoms with Crippen LogP contribution in [0.4, 0.5) is 5.69 Å². The van der Waals surface area contributed by atoms with E-state index in [0.717, 1.165) is 28.8 Å². The van der Waals surface area contributed by atoms with Crippen molar-refractivity contribution < 1.29 is 13.2 Å². The van der Waals surface area contributed by atoms with Crippen LogP contribution >= 0.6 is 0 Å². The van der Waals surface area contributed by atoms with Crippen molar-refractivity contribution in [3.63, 3.8) is 0 Å². The average Bonchev–Trinajstić information content (AvgIpc) is 2.57. The van der Waals surface area contributed by atoms with Crippen LogP contribution in [0.1, 0.15) is 23.1 Å². The summed E-state index contributed by atoms with van der Waals surface area (Å²) in [7, 11) is -3.65. The second kappa shape index (κ2) is 8.93. The second-order valence-electron chi connectivity index (χ2n) is 6.25. The van der Waals surface area contributed by atoms with Gasteiger partial charge in [-0.3, -0.25) is 4.79 Å². The number of carbonyl (C=O) groups is 1. The van der Waals surface area contributed by atoms with E-state index in [2.05, 4.69) is 10.6 Å². The first-order valence-electron chi connectivity index (χ1n) is 8.46. The zero-order valence-electron chi connectivity index (χ0n) is 15.1. The normalized spacial score (nSPS) is 11.3. The van der Waals surface area contributed by atoms with Crippen molar-refractivity contribution >= 4 is 21.6 Å². The van der Waals surface area contributed by atoms with Crippen LogP contribution in [0.15, 0.2) is 47.4 Å². The summed E-state index contributed by atoms with van der Waals surface area (Å²) in [5, 5.41) is 11.3. The third kappa shape index (κ3) is 5.94. The maximum atomic E-state index is 12.1. The van der Waals surface area contributed by atoms with Gasteiger partial charge in [0.2, 0.25) is 15.9 Å². The maximum absolute atomic E-state index is 12.1. The van der Waals surface area contributed by atoms with Gasteiger partial charge in [-0.1, -0.05) is 30.3 Å². The van der Waals surface area contributed by atoms with Gasteiger partial charge in [0.25, 0.3) is 0 Å². The molecule has 0 radical (unpaired) electrons. The molecule has 6 nitrogen and oxygen atoms in total. The Morgan fingerprint density at radius 1 is 1.00 bits per heavy atom. The minimum absolute atomic E-state index is 0.0209. The van der Waals surface area contributed by atoms with Crippen LogP contribution < -0.4 is 15.8 Å². The molecule has 26 heavy (non-hydrogen) atoms. The summed E-state index contributed by atoms with van der Waals surface area (Å²) in [5.41, 5.74) is 3.99. The molecule has 0 atom stereocenters. The molecule has 140 valence electrons. The summed E-state index contributed by atoms with van der Waals surface area (Å²) in [4.78, 5) is 12.2. The summed E-state index contributed by atoms with van der Waals surface area (Å²) < 4.78 is 22.4. The highest BCUT2D eigenvalue weighted by Gasteiger charge is 2.08. The number of rotatable bonds is 8. The Bertz CT molecular complexity index is 842. The average molecular weight is 375 g/mol. The van der Waals surface area contributed by atoms with E-state index in [0.29, 0.717) is 19.5 Å². The minimum Gasteiger partial charge on any atom is -0.326 e. The summed E-state index contributed by atoms with van der Waals surface area (Å²) in [6.45, 7) is 5.22. The van der Waals surface area contributed by atoms with Crippen LogP contribution in [0.3, 0.4) is 0 Å². The van der Waals surface area contributed by atoms with Gasteiger partial charge in [0, 0.05) is 18.7 Å². The third-order valence-electron chi connectivity index (χ3n) is 4.12. The molecule has 0 aliphatic heterocycles. The van der Waals surface area contributed by atoms with Crippen LogP contribution in [0, 0.1) is 13.8 Å². The van der Waals surface area contributed by atoms with Gasteiger partial charge in [0.05, 0.1) is 4.90 Å². The topological polar surface area (TPSA) is 101 Å². The van der Waals surface area contributed by atoms with E-state index in [1.165, 1.54) is 12.1 Å². The maximum Gasteiger partial charge on any atom is 0.238 e. The molecule has 0 fully saturated rings. The SMILES string of the molecule is Cc1cccc(C)c1NC(=O)CCNCCc1ccc(S(N)(=O)=O)cc1. The Morgan fingerprint density at radius 3 is 2.19 bits per heavy atom. The monoisotopic (exact) mass is 375 g/mol. The summed E-state index contributed by atoms with van der Waals surface area (Å²) in [5.74, 6) is -0.0209. The van der Waals surface area contributed by atoms with Gasteiger partial charge in [-0.25, -0.2) is 13.6 Å². The van der Waals surface area contributed by atoms with Crippen molar-refractivity contribution in [2.45, 2.75) is 31.6 Å². The molecule has 2 aromatic carbocycles. The lowest BCUT2D eigenvalue weighted by atomic mass is 10.1. The molecule has 7 heteroatoms. The van der Waals surface area contributed by atoms with Gasteiger partial charge >= 0.3 is 0 Å². The predicted molar refractivity (Wildman–Crippen MR) is 104 cm³/mol. The molecule has 2 rings (SSSR count). The highest BCUT2D eigenvalue weighted by Crippen LogP contribution is 2.19. The summed E-state index contributed by atoms with van der Waals surface area (Å²) in [6, 6.07) is 12.4. The number of nitrogens with one attached hydrogen (secondary N) is 2. The van der Waals surface area contributed by atoms with Gasteiger partial charge in [-0.05, 0) is 55.6 Å². The number of sulfonamides is 1. The Labute approximate surface area is 154 Å². The van der Waals surface area contributed by atoms with Crippen LogP contribution in [-0.4, -0.2) is 27.4 Å². The van der Waals surface area contributed by atoms with Crippen molar-refractivity contribution in [3.8, 4) is 0 Å². The molecule has 1 amide bonds. The quantitative estimate of drug-likeness (QED) is 0.615. The minimum atomic E-state index is -3.65. The number of amides is 1. The first kappa shape index (κ1) is 20.1. The standard InChI is InChI=1S/C19H25N3O3S/c1-14-4-3-5-15(2)19(14)22-18(23)11-13-21-12-10-16-6-8-17(9-7-16)26(20,24)25/h3-9,21H,10-13H2,1-2H3,(H,22,23)(H2,20,24,25). The lowest BCUT2D eigenvalue weighted by Gasteiger charge is -2.11. The Balaban J connectivity index is 1.71. The van der Waals surface area contributed by atoms with Crippen molar-refractivity contribution in [2.75, 3.05) is 18.4 Å². The Hall–Kier alpha value is -2.22. The summed E-state index contributed by atoms with van der Waals surface area (Å²) >= 11 is 0. The van der Waals surface area contributed by atoms with E-state index in [-0.39, 0.29) is 10.8 Å². The molecule has 0 aliphatic carbocycles. The lowest BCUT2D eigenvalue weighted by molar-refractivity contribution is -0.116. The smallest absolute Gasteiger partial charge is 0.238 e. The van der Waals surface area contributed by atoms with E-state index in [9.17, 15) is 13.2 Å². The van der Waals surface area contributed by atoms with Crippen molar-refractivity contribution in [1.82, 2.24) is 5.32 Å². The first-order valence-corrected chi connectivity index (χ1v) is 10.0. The van der Waals surface area contributed by atoms with Gasteiger partial charge in [-0.2, -0.15) is 0 Å². The molecular weight excluding hydrogens is 350 g/mol. The van der Waals surface area contributed by atoms with E-state index in [4.69, 9.17) is 5.14 Å². The number of carbonyl (C=O) groups excluding carboxylic acids is 1. The molecule has 0 heterocycles. The fraction of sp³-hybridized carbons (Fsp3) is 0.316. The zero-order chi connectivity index (χ0) is 19.2. The first-order chi connectivity index (χ1) is 12.3. The third-order valence-corrected chi connectivity index (χ3v) is 5.05. The second-order valence-corrected chi connectivity index (χ2v) is 7.82. The largest absolute Gasteiger partial charge is 0.326 e. The highest BCUT2D eigenvalue weighted by atomic mass is 32.2. The van der Waals surface area contributed by atoms with Crippen LogP contribution in [0.25, 0.3) is 0 Å². The molecule has 0 aliphatic rings. The summed E-state index contributed by atoms with van der Waals surface area (Å²) in [6.07, 6.45) is 1.13. The molecule has 0 saturated heterocycles. The van der Waals surface area contributed by atoms with Crippen molar-refractivity contribution in [2.24, 2.45) is 5.14 Å². The molecule has 2 aromatic rings. The molecule has 4 N–H and O–H groups in total. The fourth-order valence-corrected chi connectivity index (χ4v) is 3.13. The number of benzene rings is 2. The number of hydrogen-bond acceptors (Lipinski definition) is 4. The lowest BCUT2D eigenvalue weighted by Crippen LogP contribution is -2.24. The molecule has 0 bridgehead atoms. The molecule has 0 unspecified atom stereocenters. The number of aryl methyl sites for hydroxylation is 2. The van der Waals surface area contributed by atoms with Crippen LogP contribution in [0.5, 0.6) is 0 Å². The van der Waals surface area contributed by atoms with Gasteiger partial charge in [0.1, 0.15) is 0 Å². The number of nitrogens with two attached hydrogens (primary N) is 1. The van der Waals surface area contributed by atoms with Crippen LogP contribution in [-0.2, 0) is 21.2 Å². The van der Waals surface area contributed by atoms with E-state index < -0.39 is 10.0 Å². The molecular formula is C19H25N3O3S. The Morgan fingerprint density at radius 2 is 1.62 bits per heavy atom. The van der Waals surface area contributed by atoms with Gasteiger partial charge < -0.3 is 10.6 Å². The van der Waals surface area contributed by atoms with E-state index in [1.54, 1.807) is 12.1 Å². The van der Waals surface area contributed by atoms with Crippen molar-refractivity contribution in [3.05, 3.63) is 59.2 Å². The number of primary sulfonamides is 1. The van der Waals surface area contributed by atoms with Crippen molar-refractivity contribution in [1.29, 1.82) is 0 Å². The zero-order valence-corrected chi connectivity index (χ0v) is 15.9. The predicted octanol–water partition coefficient (Wildman–Crippen LogP) is 2.11. The van der Waals surface area contributed by atoms with Gasteiger partial charge in [0.15, 0.2) is 0 Å². The van der Waals surface area contributed by atoms with E-state index in [1.807, 2.05) is 32.0 Å². The molecule has 0 spiro atoms. The Kier molecular flexibility index (Phi) is 6.90. The van der Waals surface area contributed by atoms with Crippen LogP contribution in [0.2, 0.25) is 0 Å². The number of para-hydroxylation sites is 1. The highest BCUT2D eigenvalue weighted by molar-refractivity contribution is 7.89. The van der Waals surface area contributed by atoms with Gasteiger partial charge in [-0.15, -0.1) is 0 Å².